The summed E-state index contributed by atoms with van der Waals surface area (Å²) in [5.74, 6) is 0. The Morgan fingerprint density at radius 3 is 2.43 bits per heavy atom. The van der Waals surface area contributed by atoms with E-state index in [1.54, 1.807) is 30.3 Å². The summed E-state index contributed by atoms with van der Waals surface area (Å²) in [7, 11) is 0. The molecule has 0 amide bonds. The van der Waals surface area contributed by atoms with Gasteiger partial charge in [-0.05, 0) is 6.07 Å². The first-order chi connectivity index (χ1) is 10.0. The molecule has 2 heterocycles. The van der Waals surface area contributed by atoms with Crippen LogP contribution in [0.3, 0.4) is 0 Å². The molecule has 104 valence electrons. The summed E-state index contributed by atoms with van der Waals surface area (Å²) in [6, 6.07) is 11.3. The molecule has 1 aromatic carbocycles. The molecular weight excluding hydrogens is 281 g/mol. The van der Waals surface area contributed by atoms with E-state index in [0.29, 0.717) is 10.1 Å². The Morgan fingerprint density at radius 1 is 1.10 bits per heavy atom. The monoisotopic (exact) mass is 288 g/mol. The molecule has 4 nitrogen and oxygen atoms in total. The second-order valence-electron chi connectivity index (χ2n) is 4.26. The third-order valence-corrected chi connectivity index (χ3v) is 2.97. The molecule has 21 heavy (non-hydrogen) atoms. The maximum absolute atomic E-state index is 13.0. The van der Waals surface area contributed by atoms with Gasteiger partial charge in [0.05, 0.1) is 0 Å². The lowest BCUT2D eigenvalue weighted by Crippen LogP contribution is -2.12. The van der Waals surface area contributed by atoms with Gasteiger partial charge in [-0.15, -0.1) is 0 Å². The van der Waals surface area contributed by atoms with Gasteiger partial charge in [-0.1, -0.05) is 30.3 Å². The molecule has 0 aliphatic carbocycles. The number of halogens is 3. The number of nitriles is 1. The van der Waals surface area contributed by atoms with Gasteiger partial charge >= 0.3 is 6.18 Å². The summed E-state index contributed by atoms with van der Waals surface area (Å²) in [6.45, 7) is 0. The molecule has 2 aromatic heterocycles. The Kier molecular flexibility index (Phi) is 2.87. The molecular formula is C14H7F3N4. The number of benzene rings is 1. The van der Waals surface area contributed by atoms with E-state index in [4.69, 9.17) is 0 Å². The van der Waals surface area contributed by atoms with Gasteiger partial charge in [-0.3, -0.25) is 0 Å². The predicted octanol–water partition coefficient (Wildman–Crippen LogP) is 3.29. The van der Waals surface area contributed by atoms with Crippen molar-refractivity contribution in [1.82, 2.24) is 14.6 Å². The van der Waals surface area contributed by atoms with E-state index in [1.165, 1.54) is 0 Å². The molecule has 0 radical (unpaired) electrons. The van der Waals surface area contributed by atoms with Gasteiger partial charge in [0, 0.05) is 11.8 Å². The minimum atomic E-state index is -4.58. The van der Waals surface area contributed by atoms with E-state index in [0.717, 1.165) is 12.3 Å². The first-order valence-electron chi connectivity index (χ1n) is 5.93. The topological polar surface area (TPSA) is 54.0 Å². The molecule has 0 bridgehead atoms. The molecule has 3 aromatic rings. The zero-order chi connectivity index (χ0) is 15.0. The number of rotatable bonds is 1. The van der Waals surface area contributed by atoms with E-state index in [9.17, 15) is 18.4 Å². The van der Waals surface area contributed by atoms with Crippen LogP contribution in [-0.4, -0.2) is 14.6 Å². The molecule has 0 N–H and O–H groups in total. The SMILES string of the molecule is N#Cc1c(-c2ccccc2)nn2c(C(F)(F)F)ccnc12. The van der Waals surface area contributed by atoms with Crippen molar-refractivity contribution in [3.8, 4) is 17.3 Å². The standard InChI is InChI=1S/C14H7F3N4/c15-14(16,17)11-6-7-19-13-10(8-18)12(20-21(11)13)9-4-2-1-3-5-9/h1-7H. The normalized spacial score (nSPS) is 11.5. The summed E-state index contributed by atoms with van der Waals surface area (Å²) in [5.41, 5.74) is -0.306. The lowest BCUT2D eigenvalue weighted by molar-refractivity contribution is -0.142. The molecule has 0 atom stereocenters. The molecule has 0 fully saturated rings. The zero-order valence-corrected chi connectivity index (χ0v) is 10.5. The van der Waals surface area contributed by atoms with Crippen molar-refractivity contribution in [3.05, 3.63) is 53.9 Å². The van der Waals surface area contributed by atoms with Crippen molar-refractivity contribution >= 4 is 5.65 Å². The van der Waals surface area contributed by atoms with Gasteiger partial charge in [0.2, 0.25) is 0 Å². The van der Waals surface area contributed by atoms with Gasteiger partial charge in [0.25, 0.3) is 0 Å². The molecule has 7 heteroatoms. The predicted molar refractivity (Wildman–Crippen MR) is 68.1 cm³/mol. The second-order valence-corrected chi connectivity index (χ2v) is 4.26. The number of hydrogen-bond acceptors (Lipinski definition) is 3. The van der Waals surface area contributed by atoms with Crippen molar-refractivity contribution in [2.75, 3.05) is 0 Å². The van der Waals surface area contributed by atoms with Crippen molar-refractivity contribution < 1.29 is 13.2 Å². The highest BCUT2D eigenvalue weighted by Crippen LogP contribution is 2.32. The number of hydrogen-bond donors (Lipinski definition) is 0. The first-order valence-corrected chi connectivity index (χ1v) is 5.93. The summed E-state index contributed by atoms with van der Waals surface area (Å²) in [4.78, 5) is 3.85. The molecule has 3 rings (SSSR count). The molecule has 0 unspecified atom stereocenters. The fourth-order valence-corrected chi connectivity index (χ4v) is 2.06. The molecule has 0 aliphatic heterocycles. The molecule has 0 aliphatic rings. The van der Waals surface area contributed by atoms with E-state index in [1.807, 2.05) is 6.07 Å². The van der Waals surface area contributed by atoms with E-state index in [2.05, 4.69) is 10.1 Å². The quantitative estimate of drug-likeness (QED) is 0.690. The van der Waals surface area contributed by atoms with Crippen LogP contribution in [0, 0.1) is 11.3 Å². The Bertz CT molecular complexity index is 844. The summed E-state index contributed by atoms with van der Waals surface area (Å²) < 4.78 is 39.6. The van der Waals surface area contributed by atoms with Crippen LogP contribution in [0.25, 0.3) is 16.9 Å². The van der Waals surface area contributed by atoms with Crippen LogP contribution in [0.1, 0.15) is 11.3 Å². The van der Waals surface area contributed by atoms with Crippen LogP contribution in [0.4, 0.5) is 13.2 Å². The average Bonchev–Trinajstić information content (AvgIpc) is 2.85. The average molecular weight is 288 g/mol. The van der Waals surface area contributed by atoms with Crippen molar-refractivity contribution in [1.29, 1.82) is 5.26 Å². The smallest absolute Gasteiger partial charge is 0.236 e. The van der Waals surface area contributed by atoms with Gasteiger partial charge in [-0.2, -0.15) is 23.5 Å². The summed E-state index contributed by atoms with van der Waals surface area (Å²) in [5, 5.41) is 13.2. The second kappa shape index (κ2) is 4.59. The number of nitrogens with zero attached hydrogens (tertiary/aromatic N) is 4. The third-order valence-electron chi connectivity index (χ3n) is 2.97. The Labute approximate surface area is 117 Å². The van der Waals surface area contributed by atoms with Crippen LogP contribution < -0.4 is 0 Å². The molecule has 0 spiro atoms. The van der Waals surface area contributed by atoms with Crippen LogP contribution in [0.2, 0.25) is 0 Å². The van der Waals surface area contributed by atoms with Crippen molar-refractivity contribution in [2.24, 2.45) is 0 Å². The Balaban J connectivity index is 2.37. The van der Waals surface area contributed by atoms with Gasteiger partial charge in [0.15, 0.2) is 5.65 Å². The number of alkyl halides is 3. The van der Waals surface area contributed by atoms with Gasteiger partial charge < -0.3 is 0 Å². The largest absolute Gasteiger partial charge is 0.433 e. The fourth-order valence-electron chi connectivity index (χ4n) is 2.06. The van der Waals surface area contributed by atoms with Crippen LogP contribution in [0.5, 0.6) is 0 Å². The third kappa shape index (κ3) is 2.10. The van der Waals surface area contributed by atoms with E-state index in [-0.39, 0.29) is 16.9 Å². The first kappa shape index (κ1) is 13.1. The summed E-state index contributed by atoms with van der Waals surface area (Å²) >= 11 is 0. The van der Waals surface area contributed by atoms with E-state index >= 15 is 0 Å². The zero-order valence-electron chi connectivity index (χ0n) is 10.5. The molecule has 0 saturated carbocycles. The van der Waals surface area contributed by atoms with Crippen LogP contribution in [0.15, 0.2) is 42.6 Å². The highest BCUT2D eigenvalue weighted by molar-refractivity contribution is 5.74. The van der Waals surface area contributed by atoms with Crippen molar-refractivity contribution in [3.63, 3.8) is 0 Å². The highest BCUT2D eigenvalue weighted by atomic mass is 19.4. The fraction of sp³-hybridized carbons (Fsp3) is 0.0714. The van der Waals surface area contributed by atoms with Gasteiger partial charge in [-0.25, -0.2) is 9.50 Å². The molecule has 0 saturated heterocycles. The summed E-state index contributed by atoms with van der Waals surface area (Å²) in [6.07, 6.45) is -3.55. The Morgan fingerprint density at radius 2 is 1.81 bits per heavy atom. The Hall–Kier alpha value is -2.88. The number of fused-ring (bicyclic) bond motifs is 1. The lowest BCUT2D eigenvalue weighted by Gasteiger charge is -2.07. The number of aromatic nitrogens is 3. The maximum atomic E-state index is 13.0. The van der Waals surface area contributed by atoms with Crippen LogP contribution in [-0.2, 0) is 6.18 Å². The van der Waals surface area contributed by atoms with Gasteiger partial charge in [0.1, 0.15) is 23.0 Å². The lowest BCUT2D eigenvalue weighted by atomic mass is 10.1. The highest BCUT2D eigenvalue weighted by Gasteiger charge is 2.35. The minimum absolute atomic E-state index is 0.0206. The van der Waals surface area contributed by atoms with Crippen LogP contribution >= 0.6 is 0 Å². The maximum Gasteiger partial charge on any atom is 0.433 e. The van der Waals surface area contributed by atoms with E-state index < -0.39 is 11.9 Å². The minimum Gasteiger partial charge on any atom is -0.236 e. The van der Waals surface area contributed by atoms with Crippen molar-refractivity contribution in [2.45, 2.75) is 6.18 Å².